The number of hydrogen-bond donors (Lipinski definition) is 1. The second kappa shape index (κ2) is 12.3. The molecule has 10 nitrogen and oxygen atoms in total. The number of likely N-dealkylation sites (tertiary alicyclic amines) is 1. The highest BCUT2D eigenvalue weighted by molar-refractivity contribution is 5.99. The van der Waals surface area contributed by atoms with Crippen LogP contribution in [0.15, 0.2) is 55.6 Å². The molecular weight excluding hydrogens is 536 g/mol. The number of likely N-dealkylation sites (N-methyl/N-ethyl adjacent to an activating group) is 1. The normalized spacial score (nSPS) is 31.1. The number of carbonyl (C=O) groups is 3. The van der Waals surface area contributed by atoms with Crippen LogP contribution >= 0.6 is 0 Å². The van der Waals surface area contributed by atoms with Crippen molar-refractivity contribution in [3.8, 4) is 0 Å². The van der Waals surface area contributed by atoms with Gasteiger partial charge in [0.05, 0.1) is 43.3 Å². The summed E-state index contributed by atoms with van der Waals surface area (Å²) in [6, 6.07) is 7.49. The third kappa shape index (κ3) is 5.08. The summed E-state index contributed by atoms with van der Waals surface area (Å²) < 4.78 is 12.3. The average molecular weight is 581 g/mol. The monoisotopic (exact) mass is 580 g/mol. The van der Waals surface area contributed by atoms with Crippen molar-refractivity contribution in [3.63, 3.8) is 0 Å². The molecule has 228 valence electrons. The van der Waals surface area contributed by atoms with Crippen LogP contribution in [0.2, 0.25) is 0 Å². The Morgan fingerprint density at radius 2 is 1.81 bits per heavy atom. The first-order valence-corrected chi connectivity index (χ1v) is 15.0. The fraction of sp³-hybridized carbons (Fsp3) is 0.594. The smallest absolute Gasteiger partial charge is 0.248 e. The molecule has 4 fully saturated rings. The van der Waals surface area contributed by atoms with Crippen molar-refractivity contribution in [3.05, 3.63) is 61.2 Å². The Bertz CT molecular complexity index is 1190. The minimum absolute atomic E-state index is 0.194. The maximum Gasteiger partial charge on any atom is 0.248 e. The van der Waals surface area contributed by atoms with E-state index in [-0.39, 0.29) is 24.3 Å². The molecule has 0 saturated carbocycles. The Labute approximate surface area is 248 Å². The number of fused-ring (bicyclic) bond motifs is 1. The summed E-state index contributed by atoms with van der Waals surface area (Å²) in [5, 5.41) is 10.7. The number of carbonyl (C=O) groups excluding carboxylic acids is 3. The Morgan fingerprint density at radius 3 is 2.45 bits per heavy atom. The predicted molar refractivity (Wildman–Crippen MR) is 157 cm³/mol. The molecule has 0 aromatic heterocycles. The first-order chi connectivity index (χ1) is 20.2. The van der Waals surface area contributed by atoms with Gasteiger partial charge in [-0.05, 0) is 25.3 Å². The number of aliphatic hydroxyl groups is 1. The Balaban J connectivity index is 1.56. The zero-order valence-corrected chi connectivity index (χ0v) is 24.8. The molecule has 1 aromatic rings. The van der Waals surface area contributed by atoms with Gasteiger partial charge in [0.25, 0.3) is 0 Å². The molecule has 1 aromatic carbocycles. The highest BCUT2D eigenvalue weighted by Gasteiger charge is 2.78. The zero-order valence-electron chi connectivity index (χ0n) is 24.8. The number of ether oxygens (including phenoxy) is 2. The van der Waals surface area contributed by atoms with Crippen LogP contribution in [0, 0.1) is 11.8 Å². The van der Waals surface area contributed by atoms with Crippen LogP contribution < -0.4 is 0 Å². The molecule has 10 heteroatoms. The summed E-state index contributed by atoms with van der Waals surface area (Å²) >= 11 is 0. The number of amides is 3. The van der Waals surface area contributed by atoms with Crippen molar-refractivity contribution in [2.24, 2.45) is 11.8 Å². The molecule has 2 bridgehead atoms. The molecule has 4 saturated heterocycles. The fourth-order valence-corrected chi connectivity index (χ4v) is 7.61. The van der Waals surface area contributed by atoms with E-state index in [1.165, 1.54) is 4.90 Å². The van der Waals surface area contributed by atoms with E-state index in [0.29, 0.717) is 52.2 Å². The first-order valence-electron chi connectivity index (χ1n) is 15.0. The Morgan fingerprint density at radius 1 is 1.12 bits per heavy atom. The van der Waals surface area contributed by atoms with E-state index in [1.807, 2.05) is 37.3 Å². The third-order valence-corrected chi connectivity index (χ3v) is 9.64. The summed E-state index contributed by atoms with van der Waals surface area (Å²) in [6.45, 7) is 13.8. The Kier molecular flexibility index (Phi) is 8.89. The van der Waals surface area contributed by atoms with Crippen molar-refractivity contribution >= 4 is 17.7 Å². The van der Waals surface area contributed by atoms with Gasteiger partial charge in [0.1, 0.15) is 11.6 Å². The molecule has 6 atom stereocenters. The largest absolute Gasteiger partial charge is 0.394 e. The second-order valence-corrected chi connectivity index (χ2v) is 12.1. The highest BCUT2D eigenvalue weighted by Crippen LogP contribution is 2.64. The van der Waals surface area contributed by atoms with E-state index in [9.17, 15) is 19.5 Å². The Hall–Kier alpha value is -3.05. The molecule has 4 aliphatic rings. The molecule has 0 radical (unpaired) electrons. The average Bonchev–Trinajstić information content (AvgIpc) is 3.57. The van der Waals surface area contributed by atoms with E-state index in [0.717, 1.165) is 18.7 Å². The van der Waals surface area contributed by atoms with Gasteiger partial charge in [0.15, 0.2) is 0 Å². The first kappa shape index (κ1) is 30.4. The topological polar surface area (TPSA) is 103 Å². The summed E-state index contributed by atoms with van der Waals surface area (Å²) in [6.07, 6.45) is 4.37. The third-order valence-electron chi connectivity index (χ3n) is 9.64. The van der Waals surface area contributed by atoms with Crippen LogP contribution in [0.1, 0.15) is 31.4 Å². The predicted octanol–water partition coefficient (Wildman–Crippen LogP) is 1.48. The number of aliphatic hydroxyl groups excluding tert-OH is 1. The van der Waals surface area contributed by atoms with E-state index in [1.54, 1.807) is 29.0 Å². The van der Waals surface area contributed by atoms with E-state index in [4.69, 9.17) is 9.47 Å². The summed E-state index contributed by atoms with van der Waals surface area (Å²) in [5.41, 5.74) is -1.34. The van der Waals surface area contributed by atoms with Crippen LogP contribution in [0.4, 0.5) is 0 Å². The SMILES string of the molecule is C=CCN(C)C(=O)[C@@H]1[C@H]2C(=O)N([C@H](CO)c3ccccc3)C(C(=O)N(CC=C)CCN3CCOCC3)C23CC[C@@]1(C)O3. The quantitative estimate of drug-likeness (QED) is 0.374. The van der Waals surface area contributed by atoms with Crippen LogP contribution in [0.3, 0.4) is 0 Å². The summed E-state index contributed by atoms with van der Waals surface area (Å²) in [4.78, 5) is 50.3. The summed E-state index contributed by atoms with van der Waals surface area (Å²) in [5.74, 6) is -2.35. The van der Waals surface area contributed by atoms with Crippen molar-refractivity contribution in [1.29, 1.82) is 0 Å². The molecule has 3 amide bonds. The number of nitrogens with zero attached hydrogens (tertiary/aromatic N) is 4. The number of hydrogen-bond acceptors (Lipinski definition) is 7. The molecule has 1 N–H and O–H groups in total. The second-order valence-electron chi connectivity index (χ2n) is 12.1. The van der Waals surface area contributed by atoms with Gasteiger partial charge < -0.3 is 29.3 Å². The molecule has 1 spiro atoms. The maximum absolute atomic E-state index is 14.7. The van der Waals surface area contributed by atoms with E-state index >= 15 is 0 Å². The van der Waals surface area contributed by atoms with Gasteiger partial charge in [-0.3, -0.25) is 19.3 Å². The number of rotatable bonds is 12. The minimum atomic E-state index is -1.18. The van der Waals surface area contributed by atoms with Gasteiger partial charge in [-0.25, -0.2) is 0 Å². The van der Waals surface area contributed by atoms with Crippen molar-refractivity contribution in [1.82, 2.24) is 19.6 Å². The van der Waals surface area contributed by atoms with Crippen LogP contribution in [0.25, 0.3) is 0 Å². The van der Waals surface area contributed by atoms with E-state index in [2.05, 4.69) is 18.1 Å². The van der Waals surface area contributed by atoms with Gasteiger partial charge >= 0.3 is 0 Å². The molecule has 5 rings (SSSR count). The number of morpholine rings is 1. The maximum atomic E-state index is 14.7. The van der Waals surface area contributed by atoms with Gasteiger partial charge in [-0.1, -0.05) is 42.5 Å². The lowest BCUT2D eigenvalue weighted by Crippen LogP contribution is -2.58. The van der Waals surface area contributed by atoms with Crippen LogP contribution in [0.5, 0.6) is 0 Å². The lowest BCUT2D eigenvalue weighted by Gasteiger charge is -2.40. The van der Waals surface area contributed by atoms with Gasteiger partial charge in [-0.2, -0.15) is 0 Å². The highest BCUT2D eigenvalue weighted by atomic mass is 16.5. The van der Waals surface area contributed by atoms with Gasteiger partial charge in [-0.15, -0.1) is 13.2 Å². The lowest BCUT2D eigenvalue weighted by molar-refractivity contribution is -0.156. The van der Waals surface area contributed by atoms with Crippen molar-refractivity contribution in [2.75, 3.05) is 66.1 Å². The molecular formula is C32H44N4O6. The summed E-state index contributed by atoms with van der Waals surface area (Å²) in [7, 11) is 1.70. The van der Waals surface area contributed by atoms with Gasteiger partial charge in [0.2, 0.25) is 17.7 Å². The number of benzene rings is 1. The zero-order chi connectivity index (χ0) is 30.1. The van der Waals surface area contributed by atoms with E-state index < -0.39 is 35.1 Å². The van der Waals surface area contributed by atoms with Crippen LogP contribution in [-0.4, -0.2) is 126 Å². The lowest BCUT2D eigenvalue weighted by atomic mass is 9.66. The van der Waals surface area contributed by atoms with Crippen molar-refractivity contribution in [2.45, 2.75) is 43.1 Å². The molecule has 4 aliphatic heterocycles. The molecule has 4 heterocycles. The van der Waals surface area contributed by atoms with Crippen LogP contribution in [-0.2, 0) is 23.9 Å². The van der Waals surface area contributed by atoms with Gasteiger partial charge in [0, 0.05) is 46.3 Å². The standard InChI is InChI=1S/C32H44N4O6/c1-5-14-33(4)28(38)25-26-29(39)36(24(22-37)23-10-8-7-9-11-23)27(32(26)13-12-31(25,3)42-32)30(40)35(15-6-2)17-16-34-18-20-41-21-19-34/h5-11,24-27,37H,1-2,12-22H2,3-4H3/t24-,25+,26+,27?,31-,32?/m1/s1. The molecule has 2 unspecified atom stereocenters. The van der Waals surface area contributed by atoms with Crippen molar-refractivity contribution < 1.29 is 29.0 Å². The minimum Gasteiger partial charge on any atom is -0.394 e. The fourth-order valence-electron chi connectivity index (χ4n) is 7.61. The molecule has 0 aliphatic carbocycles. The molecule has 42 heavy (non-hydrogen) atoms.